The summed E-state index contributed by atoms with van der Waals surface area (Å²) in [5, 5.41) is 6.70. The van der Waals surface area contributed by atoms with Gasteiger partial charge in [-0.15, -0.1) is 11.3 Å². The van der Waals surface area contributed by atoms with Crippen LogP contribution in [0.4, 0.5) is 0 Å². The number of thiophene rings is 1. The van der Waals surface area contributed by atoms with Crippen LogP contribution in [-0.2, 0) is 16.1 Å². The fourth-order valence-corrected chi connectivity index (χ4v) is 3.48. The van der Waals surface area contributed by atoms with Crippen molar-refractivity contribution in [3.05, 3.63) is 64.4 Å². The Kier molecular flexibility index (Phi) is 6.31. The Bertz CT molecular complexity index is 966. The minimum absolute atomic E-state index is 0.0829. The van der Waals surface area contributed by atoms with E-state index in [9.17, 15) is 9.59 Å². The van der Waals surface area contributed by atoms with E-state index in [4.69, 9.17) is 9.47 Å². The van der Waals surface area contributed by atoms with Crippen LogP contribution in [0.3, 0.4) is 0 Å². The van der Waals surface area contributed by atoms with Gasteiger partial charge < -0.3 is 14.8 Å². The molecule has 1 N–H and O–H groups in total. The Morgan fingerprint density at radius 3 is 2.50 bits per heavy atom. The summed E-state index contributed by atoms with van der Waals surface area (Å²) in [4.78, 5) is 25.4. The third-order valence-corrected chi connectivity index (χ3v) is 5.31. The van der Waals surface area contributed by atoms with E-state index in [1.54, 1.807) is 19.2 Å². The van der Waals surface area contributed by atoms with E-state index in [0.717, 1.165) is 22.1 Å². The van der Waals surface area contributed by atoms with E-state index in [0.29, 0.717) is 4.88 Å². The van der Waals surface area contributed by atoms with Crippen LogP contribution in [-0.4, -0.2) is 25.0 Å². The second kappa shape index (κ2) is 8.89. The normalized spacial score (nSPS) is 12.0. The number of methoxy groups -OCH3 is 1. The molecular weight excluding hydrogens is 374 g/mol. The summed E-state index contributed by atoms with van der Waals surface area (Å²) in [6.07, 6.45) is 0. The van der Waals surface area contributed by atoms with Crippen molar-refractivity contribution in [3.63, 3.8) is 0 Å². The van der Waals surface area contributed by atoms with Gasteiger partial charge in [-0.25, -0.2) is 4.79 Å². The topological polar surface area (TPSA) is 64.6 Å². The highest BCUT2D eigenvalue weighted by Gasteiger charge is 2.26. The number of fused-ring (bicyclic) bond motifs is 1. The lowest BCUT2D eigenvalue weighted by Crippen LogP contribution is -2.45. The number of carbonyl (C=O) groups excluding carboxylic acids is 2. The van der Waals surface area contributed by atoms with Crippen LogP contribution < -0.4 is 10.1 Å². The third kappa shape index (κ3) is 4.70. The Labute approximate surface area is 168 Å². The van der Waals surface area contributed by atoms with Gasteiger partial charge in [0.25, 0.3) is 5.91 Å². The number of carbonyl (C=O) groups is 2. The van der Waals surface area contributed by atoms with Crippen molar-refractivity contribution in [2.45, 2.75) is 26.5 Å². The Hall–Kier alpha value is -2.86. The molecule has 0 fully saturated rings. The highest BCUT2D eigenvalue weighted by atomic mass is 32.1. The van der Waals surface area contributed by atoms with E-state index in [1.165, 1.54) is 11.3 Å². The molecule has 6 heteroatoms. The fraction of sp³-hybridized carbons (Fsp3) is 0.273. The zero-order chi connectivity index (χ0) is 20.1. The molecule has 1 amide bonds. The summed E-state index contributed by atoms with van der Waals surface area (Å²) in [6, 6.07) is 14.5. The quantitative estimate of drug-likeness (QED) is 0.600. The van der Waals surface area contributed by atoms with Crippen LogP contribution in [0.5, 0.6) is 5.75 Å². The summed E-state index contributed by atoms with van der Waals surface area (Å²) in [5.41, 5.74) is 0.887. The first-order valence-corrected chi connectivity index (χ1v) is 9.93. The predicted molar refractivity (Wildman–Crippen MR) is 111 cm³/mol. The number of rotatable bonds is 7. The first kappa shape index (κ1) is 19.9. The van der Waals surface area contributed by atoms with Crippen LogP contribution in [0.2, 0.25) is 0 Å². The number of nitrogens with one attached hydrogen (secondary N) is 1. The molecule has 3 rings (SSSR count). The van der Waals surface area contributed by atoms with Crippen LogP contribution >= 0.6 is 11.3 Å². The lowest BCUT2D eigenvalue weighted by Gasteiger charge is -2.20. The molecule has 3 aromatic rings. The van der Waals surface area contributed by atoms with Gasteiger partial charge in [0, 0.05) is 0 Å². The number of ether oxygens (including phenoxy) is 2. The molecule has 28 heavy (non-hydrogen) atoms. The summed E-state index contributed by atoms with van der Waals surface area (Å²) < 4.78 is 10.7. The van der Waals surface area contributed by atoms with Crippen LogP contribution in [0.25, 0.3) is 10.8 Å². The van der Waals surface area contributed by atoms with Crippen molar-refractivity contribution in [3.8, 4) is 5.75 Å². The average Bonchev–Trinajstić information content (AvgIpc) is 3.24. The lowest BCUT2D eigenvalue weighted by atomic mass is 10.0. The summed E-state index contributed by atoms with van der Waals surface area (Å²) >= 11 is 1.34. The van der Waals surface area contributed by atoms with Crippen molar-refractivity contribution >= 4 is 34.0 Å². The van der Waals surface area contributed by atoms with Crippen LogP contribution in [0, 0.1) is 5.92 Å². The van der Waals surface area contributed by atoms with Crippen molar-refractivity contribution in [1.82, 2.24) is 5.32 Å². The molecule has 5 nitrogen and oxygen atoms in total. The standard InChI is InChI=1S/C22H23NO4S/c1-14(2)20(23-21(24)19-5-4-10-28-19)22(25)27-13-15-6-7-17-12-18(26-3)9-8-16(17)11-15/h4-12,14,20H,13H2,1-3H3,(H,23,24). The molecule has 2 aromatic carbocycles. The minimum atomic E-state index is -0.695. The van der Waals surface area contributed by atoms with Gasteiger partial charge >= 0.3 is 5.97 Å². The zero-order valence-electron chi connectivity index (χ0n) is 16.1. The molecule has 0 spiro atoms. The Morgan fingerprint density at radius 1 is 1.07 bits per heavy atom. The van der Waals surface area contributed by atoms with Crippen molar-refractivity contribution in [2.75, 3.05) is 7.11 Å². The second-order valence-corrected chi connectivity index (χ2v) is 7.78. The van der Waals surface area contributed by atoms with E-state index < -0.39 is 12.0 Å². The molecule has 0 bridgehead atoms. The molecule has 0 aliphatic carbocycles. The molecule has 0 aliphatic rings. The molecular formula is C22H23NO4S. The van der Waals surface area contributed by atoms with Gasteiger partial charge in [0.15, 0.2) is 0 Å². The molecule has 1 atom stereocenters. The van der Waals surface area contributed by atoms with Gasteiger partial charge in [-0.2, -0.15) is 0 Å². The predicted octanol–water partition coefficient (Wildman–Crippen LogP) is 4.41. The first-order valence-electron chi connectivity index (χ1n) is 9.05. The van der Waals surface area contributed by atoms with Crippen LogP contribution in [0.1, 0.15) is 29.1 Å². The van der Waals surface area contributed by atoms with Crippen molar-refractivity contribution in [1.29, 1.82) is 0 Å². The fourth-order valence-electron chi connectivity index (χ4n) is 2.85. The number of hydrogen-bond donors (Lipinski definition) is 1. The SMILES string of the molecule is COc1ccc2cc(COC(=O)C(NC(=O)c3cccs3)C(C)C)ccc2c1. The van der Waals surface area contributed by atoms with Crippen LogP contribution in [0.15, 0.2) is 53.9 Å². The third-order valence-electron chi connectivity index (χ3n) is 4.45. The van der Waals surface area contributed by atoms with E-state index in [2.05, 4.69) is 5.32 Å². The number of amides is 1. The lowest BCUT2D eigenvalue weighted by molar-refractivity contribution is -0.148. The first-order chi connectivity index (χ1) is 13.5. The maximum Gasteiger partial charge on any atom is 0.329 e. The number of esters is 1. The largest absolute Gasteiger partial charge is 0.497 e. The Balaban J connectivity index is 1.65. The maximum atomic E-state index is 12.6. The minimum Gasteiger partial charge on any atom is -0.497 e. The molecule has 0 aliphatic heterocycles. The summed E-state index contributed by atoms with van der Waals surface area (Å²) in [5.74, 6) is 0.0217. The zero-order valence-corrected chi connectivity index (χ0v) is 16.9. The molecule has 1 heterocycles. The monoisotopic (exact) mass is 397 g/mol. The number of hydrogen-bond acceptors (Lipinski definition) is 5. The average molecular weight is 397 g/mol. The maximum absolute atomic E-state index is 12.6. The molecule has 0 saturated heterocycles. The van der Waals surface area contributed by atoms with E-state index >= 15 is 0 Å². The second-order valence-electron chi connectivity index (χ2n) is 6.83. The highest BCUT2D eigenvalue weighted by molar-refractivity contribution is 7.12. The molecule has 0 saturated carbocycles. The van der Waals surface area contributed by atoms with Gasteiger partial charge in [-0.05, 0) is 51.9 Å². The molecule has 1 unspecified atom stereocenters. The van der Waals surface area contributed by atoms with Gasteiger partial charge in [0.05, 0.1) is 12.0 Å². The van der Waals surface area contributed by atoms with E-state index in [-0.39, 0.29) is 18.4 Å². The molecule has 0 radical (unpaired) electrons. The molecule has 146 valence electrons. The van der Waals surface area contributed by atoms with Gasteiger partial charge in [0.2, 0.25) is 0 Å². The Morgan fingerprint density at radius 2 is 1.82 bits per heavy atom. The summed E-state index contributed by atoms with van der Waals surface area (Å²) in [7, 11) is 1.64. The number of benzene rings is 2. The molecule has 1 aromatic heterocycles. The highest BCUT2D eigenvalue weighted by Crippen LogP contribution is 2.22. The van der Waals surface area contributed by atoms with Crippen molar-refractivity contribution in [2.24, 2.45) is 5.92 Å². The van der Waals surface area contributed by atoms with Crippen molar-refractivity contribution < 1.29 is 19.1 Å². The smallest absolute Gasteiger partial charge is 0.329 e. The van der Waals surface area contributed by atoms with Gasteiger partial charge in [-0.1, -0.05) is 38.1 Å². The van der Waals surface area contributed by atoms with E-state index in [1.807, 2.05) is 55.6 Å². The van der Waals surface area contributed by atoms with Gasteiger partial charge in [-0.3, -0.25) is 4.79 Å². The summed E-state index contributed by atoms with van der Waals surface area (Å²) in [6.45, 7) is 3.91. The van der Waals surface area contributed by atoms with Gasteiger partial charge in [0.1, 0.15) is 18.4 Å².